The molecule has 1 atom stereocenters. The Kier molecular flexibility index (Phi) is 7.33. The van der Waals surface area contributed by atoms with E-state index in [1.807, 2.05) is 6.92 Å². The zero-order chi connectivity index (χ0) is 13.5. The van der Waals surface area contributed by atoms with E-state index < -0.39 is 10.0 Å². The summed E-state index contributed by atoms with van der Waals surface area (Å²) >= 11 is 0. The van der Waals surface area contributed by atoms with Gasteiger partial charge in [-0.15, -0.1) is 0 Å². The first-order valence-electron chi connectivity index (χ1n) is 5.69. The lowest BCUT2D eigenvalue weighted by molar-refractivity contribution is -0.124. The molecule has 0 aromatic heterocycles. The summed E-state index contributed by atoms with van der Waals surface area (Å²) in [4.78, 5) is 11.5. The molecule has 0 spiro atoms. The van der Waals surface area contributed by atoms with Gasteiger partial charge in [0.25, 0.3) is 0 Å². The summed E-state index contributed by atoms with van der Waals surface area (Å²) in [5, 5.41) is 2.62. The summed E-state index contributed by atoms with van der Waals surface area (Å²) in [6.45, 7) is 2.52. The Morgan fingerprint density at radius 2 is 2.00 bits per heavy atom. The Hall–Kier alpha value is -0.660. The van der Waals surface area contributed by atoms with Crippen molar-refractivity contribution in [1.82, 2.24) is 9.62 Å². The second-order valence-electron chi connectivity index (χ2n) is 4.22. The topological polar surface area (TPSA) is 92.5 Å². The van der Waals surface area contributed by atoms with E-state index in [2.05, 4.69) is 5.32 Å². The van der Waals surface area contributed by atoms with E-state index in [9.17, 15) is 13.2 Å². The van der Waals surface area contributed by atoms with Gasteiger partial charge in [0.05, 0.1) is 5.75 Å². The lowest BCUT2D eigenvalue weighted by Gasteiger charge is -2.14. The van der Waals surface area contributed by atoms with Gasteiger partial charge in [0, 0.05) is 26.6 Å². The molecule has 0 rings (SSSR count). The third-order valence-corrected chi connectivity index (χ3v) is 4.34. The molecule has 0 heterocycles. The molecule has 1 unspecified atom stereocenters. The minimum absolute atomic E-state index is 0.0741. The maximum Gasteiger partial charge on any atom is 0.222 e. The highest BCUT2D eigenvalue weighted by atomic mass is 32.2. The molecule has 0 aliphatic rings. The van der Waals surface area contributed by atoms with Gasteiger partial charge in [0.15, 0.2) is 0 Å². The minimum atomic E-state index is -3.24. The highest BCUT2D eigenvalue weighted by Crippen LogP contribution is 2.04. The van der Waals surface area contributed by atoms with Crippen molar-refractivity contribution in [2.24, 2.45) is 11.7 Å². The molecule has 0 aromatic carbocycles. The van der Waals surface area contributed by atoms with Crippen LogP contribution in [0.2, 0.25) is 0 Å². The molecule has 7 heteroatoms. The Balaban J connectivity index is 3.93. The highest BCUT2D eigenvalue weighted by molar-refractivity contribution is 7.89. The van der Waals surface area contributed by atoms with E-state index in [4.69, 9.17) is 5.73 Å². The van der Waals surface area contributed by atoms with Gasteiger partial charge in [-0.05, 0) is 19.4 Å². The molecule has 0 fully saturated rings. The van der Waals surface area contributed by atoms with Crippen LogP contribution in [-0.2, 0) is 14.8 Å². The quantitative estimate of drug-likeness (QED) is 0.611. The molecule has 102 valence electrons. The second kappa shape index (κ2) is 7.62. The van der Waals surface area contributed by atoms with Crippen molar-refractivity contribution in [2.75, 3.05) is 32.9 Å². The zero-order valence-corrected chi connectivity index (χ0v) is 11.6. The fraction of sp³-hybridized carbons (Fsp3) is 0.900. The minimum Gasteiger partial charge on any atom is -0.355 e. The van der Waals surface area contributed by atoms with Gasteiger partial charge >= 0.3 is 0 Å². The predicted molar refractivity (Wildman–Crippen MR) is 67.9 cm³/mol. The van der Waals surface area contributed by atoms with Crippen molar-refractivity contribution < 1.29 is 13.2 Å². The lowest BCUT2D eigenvalue weighted by atomic mass is 10.1. The van der Waals surface area contributed by atoms with E-state index in [0.717, 1.165) is 17.1 Å². The van der Waals surface area contributed by atoms with Gasteiger partial charge in [-0.25, -0.2) is 12.7 Å². The van der Waals surface area contributed by atoms with Crippen molar-refractivity contribution in [3.05, 3.63) is 0 Å². The van der Waals surface area contributed by atoms with Crippen LogP contribution in [0, 0.1) is 5.92 Å². The van der Waals surface area contributed by atoms with E-state index >= 15 is 0 Å². The molecule has 17 heavy (non-hydrogen) atoms. The molecule has 0 saturated heterocycles. The van der Waals surface area contributed by atoms with Gasteiger partial charge in [-0.3, -0.25) is 4.79 Å². The first-order valence-corrected chi connectivity index (χ1v) is 7.30. The molecular formula is C10H23N3O3S. The Morgan fingerprint density at radius 1 is 1.41 bits per heavy atom. The van der Waals surface area contributed by atoms with E-state index in [1.54, 1.807) is 0 Å². The first-order chi connectivity index (χ1) is 7.81. The van der Waals surface area contributed by atoms with Crippen LogP contribution in [0.15, 0.2) is 0 Å². The number of nitrogens with zero attached hydrogens (tertiary/aromatic N) is 1. The standard InChI is InChI=1S/C10H23N3O3S/c1-9(5-4-6-11)10(14)12-7-8-17(15,16)13(2)3/h9H,4-8,11H2,1-3H3,(H,12,14). The van der Waals surface area contributed by atoms with Crippen LogP contribution in [0.3, 0.4) is 0 Å². The van der Waals surface area contributed by atoms with Crippen LogP contribution in [0.5, 0.6) is 0 Å². The summed E-state index contributed by atoms with van der Waals surface area (Å²) in [5.74, 6) is -0.317. The molecule has 1 amide bonds. The number of sulfonamides is 1. The van der Waals surface area contributed by atoms with E-state index in [1.165, 1.54) is 14.1 Å². The van der Waals surface area contributed by atoms with Crippen LogP contribution in [0.1, 0.15) is 19.8 Å². The summed E-state index contributed by atoms with van der Waals surface area (Å²) in [5.41, 5.74) is 5.35. The van der Waals surface area contributed by atoms with Gasteiger partial charge in [0.2, 0.25) is 15.9 Å². The third kappa shape index (κ3) is 6.60. The average molecular weight is 265 g/mol. The average Bonchev–Trinajstić information content (AvgIpc) is 2.25. The summed E-state index contributed by atoms with van der Waals surface area (Å²) in [6.07, 6.45) is 1.52. The maximum absolute atomic E-state index is 11.5. The number of hydrogen-bond donors (Lipinski definition) is 2. The molecule has 0 aromatic rings. The molecule has 3 N–H and O–H groups in total. The van der Waals surface area contributed by atoms with Crippen molar-refractivity contribution in [3.8, 4) is 0 Å². The van der Waals surface area contributed by atoms with Crippen LogP contribution in [-0.4, -0.2) is 51.6 Å². The second-order valence-corrected chi connectivity index (χ2v) is 6.52. The zero-order valence-electron chi connectivity index (χ0n) is 10.8. The van der Waals surface area contributed by atoms with Gasteiger partial charge < -0.3 is 11.1 Å². The van der Waals surface area contributed by atoms with Crippen molar-refractivity contribution >= 4 is 15.9 Å². The van der Waals surface area contributed by atoms with Crippen LogP contribution in [0.25, 0.3) is 0 Å². The molecule has 0 aliphatic heterocycles. The van der Waals surface area contributed by atoms with Crippen molar-refractivity contribution in [3.63, 3.8) is 0 Å². The Morgan fingerprint density at radius 3 is 2.47 bits per heavy atom. The molecule has 0 saturated carbocycles. The number of carbonyl (C=O) groups is 1. The molecule has 6 nitrogen and oxygen atoms in total. The van der Waals surface area contributed by atoms with E-state index in [0.29, 0.717) is 6.54 Å². The highest BCUT2D eigenvalue weighted by Gasteiger charge is 2.15. The molecule has 0 radical (unpaired) electrons. The fourth-order valence-electron chi connectivity index (χ4n) is 1.22. The smallest absolute Gasteiger partial charge is 0.222 e. The summed E-state index contributed by atoms with van der Waals surface area (Å²) < 4.78 is 24.0. The predicted octanol–water partition coefficient (Wildman–Crippen LogP) is -0.631. The van der Waals surface area contributed by atoms with Crippen LogP contribution >= 0.6 is 0 Å². The van der Waals surface area contributed by atoms with Gasteiger partial charge in [-0.2, -0.15) is 0 Å². The molecule has 0 bridgehead atoms. The number of nitrogens with two attached hydrogens (primary N) is 1. The lowest BCUT2D eigenvalue weighted by Crippen LogP contribution is -2.36. The summed E-state index contributed by atoms with van der Waals surface area (Å²) in [6, 6.07) is 0. The van der Waals surface area contributed by atoms with E-state index in [-0.39, 0.29) is 24.1 Å². The number of hydrogen-bond acceptors (Lipinski definition) is 4. The Bertz CT molecular complexity index is 328. The first kappa shape index (κ1) is 16.3. The van der Waals surface area contributed by atoms with Crippen molar-refractivity contribution in [2.45, 2.75) is 19.8 Å². The third-order valence-electron chi connectivity index (χ3n) is 2.50. The van der Waals surface area contributed by atoms with Gasteiger partial charge in [0.1, 0.15) is 0 Å². The van der Waals surface area contributed by atoms with Crippen LogP contribution in [0.4, 0.5) is 0 Å². The Labute approximate surface area is 104 Å². The SMILES string of the molecule is CC(CCCN)C(=O)NCCS(=O)(=O)N(C)C. The molecular weight excluding hydrogens is 242 g/mol. The summed E-state index contributed by atoms with van der Waals surface area (Å²) in [7, 11) is -0.291. The molecule has 0 aliphatic carbocycles. The number of rotatable bonds is 8. The number of amides is 1. The van der Waals surface area contributed by atoms with Crippen molar-refractivity contribution in [1.29, 1.82) is 0 Å². The van der Waals surface area contributed by atoms with Gasteiger partial charge in [-0.1, -0.05) is 6.92 Å². The largest absolute Gasteiger partial charge is 0.355 e. The van der Waals surface area contributed by atoms with Crippen LogP contribution < -0.4 is 11.1 Å². The number of carbonyl (C=O) groups excluding carboxylic acids is 1. The monoisotopic (exact) mass is 265 g/mol. The maximum atomic E-state index is 11.5. The normalized spacial score (nSPS) is 13.7. The number of nitrogens with one attached hydrogen (secondary N) is 1. The fourth-order valence-corrected chi connectivity index (χ4v) is 1.94.